The first-order valence-electron chi connectivity index (χ1n) is 9.32. The van der Waals surface area contributed by atoms with Gasteiger partial charge in [-0.1, -0.05) is 29.8 Å². The fourth-order valence-corrected chi connectivity index (χ4v) is 4.94. The maximum atomic E-state index is 13.2. The van der Waals surface area contributed by atoms with Crippen LogP contribution in [0.5, 0.6) is 11.5 Å². The minimum atomic E-state index is -3.89. The Hall–Kier alpha value is -3.03. The summed E-state index contributed by atoms with van der Waals surface area (Å²) in [7, 11) is -3.89. The summed E-state index contributed by atoms with van der Waals surface area (Å²) in [5.41, 5.74) is 1.65. The maximum absolute atomic E-state index is 13.2. The number of fused-ring (bicyclic) bond motifs is 2. The monoisotopic (exact) mass is 442 g/mol. The van der Waals surface area contributed by atoms with Gasteiger partial charge in [-0.25, -0.2) is 8.42 Å². The Morgan fingerprint density at radius 2 is 1.80 bits per heavy atom. The van der Waals surface area contributed by atoms with Crippen molar-refractivity contribution < 1.29 is 17.9 Å². The average Bonchev–Trinajstić information content (AvgIpc) is 2.83. The molecule has 0 unspecified atom stereocenters. The molecule has 0 aliphatic carbocycles. The number of benzene rings is 3. The van der Waals surface area contributed by atoms with Gasteiger partial charge in [-0.15, -0.1) is 0 Å². The molecule has 0 atom stereocenters. The Balaban J connectivity index is 1.74. The Kier molecular flexibility index (Phi) is 5.17. The van der Waals surface area contributed by atoms with E-state index in [4.69, 9.17) is 16.3 Å². The van der Waals surface area contributed by atoms with E-state index in [0.29, 0.717) is 34.3 Å². The third-order valence-electron chi connectivity index (χ3n) is 4.91. The molecule has 1 N–H and O–H groups in total. The second-order valence-corrected chi connectivity index (χ2v) is 8.86. The van der Waals surface area contributed by atoms with E-state index < -0.39 is 10.0 Å². The Labute approximate surface area is 180 Å². The standard InChI is InChI=1S/C22H19ClN2O4S/c1-3-25-18-8-4-5-9-20(18)29-19-12-11-15(13-16(19)22(25)26)24-30(27,28)21-10-6-7-17(23)14(21)2/h4-13,24H,3H2,1-2H3. The van der Waals surface area contributed by atoms with Crippen molar-refractivity contribution in [1.29, 1.82) is 0 Å². The first kappa shape index (κ1) is 20.3. The Morgan fingerprint density at radius 3 is 2.57 bits per heavy atom. The van der Waals surface area contributed by atoms with Gasteiger partial charge in [-0.3, -0.25) is 9.52 Å². The molecule has 3 aromatic carbocycles. The Morgan fingerprint density at radius 1 is 1.03 bits per heavy atom. The average molecular weight is 443 g/mol. The molecule has 0 fully saturated rings. The lowest BCUT2D eigenvalue weighted by molar-refractivity contribution is 0.0988. The molecule has 0 aromatic heterocycles. The molecule has 3 aromatic rings. The number of rotatable bonds is 4. The van der Waals surface area contributed by atoms with Crippen molar-refractivity contribution in [3.63, 3.8) is 0 Å². The highest BCUT2D eigenvalue weighted by Gasteiger charge is 2.28. The number of amides is 1. The summed E-state index contributed by atoms with van der Waals surface area (Å²) >= 11 is 6.07. The third kappa shape index (κ3) is 3.51. The molecule has 0 saturated heterocycles. The molecule has 1 aliphatic heterocycles. The SMILES string of the molecule is CCN1C(=O)c2cc(NS(=O)(=O)c3cccc(Cl)c3C)ccc2Oc2ccccc21. The molecule has 1 amide bonds. The predicted molar refractivity (Wildman–Crippen MR) is 117 cm³/mol. The third-order valence-corrected chi connectivity index (χ3v) is 6.84. The maximum Gasteiger partial charge on any atom is 0.262 e. The second-order valence-electron chi connectivity index (χ2n) is 6.80. The van der Waals surface area contributed by atoms with Crippen molar-refractivity contribution in [2.24, 2.45) is 0 Å². The van der Waals surface area contributed by atoms with Crippen LogP contribution in [0, 0.1) is 6.92 Å². The zero-order valence-corrected chi connectivity index (χ0v) is 17.9. The van der Waals surface area contributed by atoms with Crippen LogP contribution in [0.15, 0.2) is 65.6 Å². The van der Waals surface area contributed by atoms with E-state index in [1.165, 1.54) is 12.1 Å². The number of anilines is 2. The topological polar surface area (TPSA) is 75.7 Å². The van der Waals surface area contributed by atoms with E-state index in [9.17, 15) is 13.2 Å². The van der Waals surface area contributed by atoms with Crippen LogP contribution >= 0.6 is 11.6 Å². The van der Waals surface area contributed by atoms with Crippen LogP contribution in [0.1, 0.15) is 22.8 Å². The highest BCUT2D eigenvalue weighted by Crippen LogP contribution is 2.39. The normalized spacial score (nSPS) is 13.2. The summed E-state index contributed by atoms with van der Waals surface area (Å²) in [5.74, 6) is 0.664. The molecule has 8 heteroatoms. The van der Waals surface area contributed by atoms with Crippen LogP contribution in [0.2, 0.25) is 5.02 Å². The number of hydrogen-bond acceptors (Lipinski definition) is 4. The largest absolute Gasteiger partial charge is 0.454 e. The van der Waals surface area contributed by atoms with Gasteiger partial charge < -0.3 is 9.64 Å². The number of sulfonamides is 1. The van der Waals surface area contributed by atoms with E-state index >= 15 is 0 Å². The summed E-state index contributed by atoms with van der Waals surface area (Å²) in [6, 6.07) is 16.6. The smallest absolute Gasteiger partial charge is 0.262 e. The first-order valence-corrected chi connectivity index (χ1v) is 11.2. The van der Waals surface area contributed by atoms with Crippen molar-refractivity contribution in [2.45, 2.75) is 18.7 Å². The molecule has 1 heterocycles. The number of halogens is 1. The zero-order chi connectivity index (χ0) is 21.5. The fraction of sp³-hybridized carbons (Fsp3) is 0.136. The highest BCUT2D eigenvalue weighted by atomic mass is 35.5. The molecule has 0 saturated carbocycles. The second kappa shape index (κ2) is 7.66. The van der Waals surface area contributed by atoms with Gasteiger partial charge in [-0.05, 0) is 61.9 Å². The lowest BCUT2D eigenvalue weighted by atomic mass is 10.1. The number of hydrogen-bond donors (Lipinski definition) is 1. The van der Waals surface area contributed by atoms with E-state index in [2.05, 4.69) is 4.72 Å². The minimum absolute atomic E-state index is 0.0788. The minimum Gasteiger partial charge on any atom is -0.454 e. The van der Waals surface area contributed by atoms with Crippen LogP contribution in [-0.4, -0.2) is 20.9 Å². The van der Waals surface area contributed by atoms with Gasteiger partial charge >= 0.3 is 0 Å². The first-order chi connectivity index (χ1) is 14.3. The molecule has 0 bridgehead atoms. The van der Waals surface area contributed by atoms with Crippen LogP contribution in [-0.2, 0) is 10.0 Å². The number of carbonyl (C=O) groups excluding carboxylic acids is 1. The summed E-state index contributed by atoms with van der Waals surface area (Å²) < 4.78 is 34.3. The van der Waals surface area contributed by atoms with Gasteiger partial charge in [0.25, 0.3) is 15.9 Å². The van der Waals surface area contributed by atoms with E-state index in [1.807, 2.05) is 25.1 Å². The molecule has 0 radical (unpaired) electrons. The molecule has 0 spiro atoms. The van der Waals surface area contributed by atoms with Gasteiger partial charge in [0.05, 0.1) is 16.1 Å². The molecule has 30 heavy (non-hydrogen) atoms. The van der Waals surface area contributed by atoms with E-state index in [0.717, 1.165) is 0 Å². The zero-order valence-electron chi connectivity index (χ0n) is 16.3. The molecular formula is C22H19ClN2O4S. The number of ether oxygens (including phenoxy) is 1. The number of para-hydroxylation sites is 2. The van der Waals surface area contributed by atoms with E-state index in [-0.39, 0.29) is 22.1 Å². The lowest BCUT2D eigenvalue weighted by Crippen LogP contribution is -2.29. The highest BCUT2D eigenvalue weighted by molar-refractivity contribution is 7.92. The van der Waals surface area contributed by atoms with Gasteiger partial charge in [0.2, 0.25) is 0 Å². The van der Waals surface area contributed by atoms with Crippen molar-refractivity contribution in [2.75, 3.05) is 16.2 Å². The molecular weight excluding hydrogens is 424 g/mol. The van der Waals surface area contributed by atoms with Crippen molar-refractivity contribution >= 4 is 38.9 Å². The number of nitrogens with zero attached hydrogens (tertiary/aromatic N) is 1. The molecule has 6 nitrogen and oxygen atoms in total. The molecule has 154 valence electrons. The van der Waals surface area contributed by atoms with Crippen molar-refractivity contribution in [3.8, 4) is 11.5 Å². The Bertz CT molecular complexity index is 1260. The molecule has 1 aliphatic rings. The van der Waals surface area contributed by atoms with Gasteiger partial charge in [-0.2, -0.15) is 0 Å². The summed E-state index contributed by atoms with van der Waals surface area (Å²) in [6.45, 7) is 3.95. The molecule has 4 rings (SSSR count). The van der Waals surface area contributed by atoms with Crippen LogP contribution < -0.4 is 14.4 Å². The lowest BCUT2D eigenvalue weighted by Gasteiger charge is -2.20. The van der Waals surface area contributed by atoms with Crippen LogP contribution in [0.3, 0.4) is 0 Å². The fourth-order valence-electron chi connectivity index (χ4n) is 3.39. The van der Waals surface area contributed by atoms with Gasteiger partial charge in [0, 0.05) is 17.3 Å². The van der Waals surface area contributed by atoms with Crippen LogP contribution in [0.25, 0.3) is 0 Å². The summed E-state index contributed by atoms with van der Waals surface area (Å²) in [5, 5.41) is 0.361. The predicted octanol–water partition coefficient (Wildman–Crippen LogP) is 5.22. The van der Waals surface area contributed by atoms with Gasteiger partial charge in [0.1, 0.15) is 5.75 Å². The van der Waals surface area contributed by atoms with Crippen molar-refractivity contribution in [3.05, 3.63) is 76.8 Å². The van der Waals surface area contributed by atoms with Crippen LogP contribution in [0.4, 0.5) is 11.4 Å². The number of carbonyl (C=O) groups is 1. The summed E-state index contributed by atoms with van der Waals surface area (Å²) in [6.07, 6.45) is 0. The number of nitrogens with one attached hydrogen (secondary N) is 1. The summed E-state index contributed by atoms with van der Waals surface area (Å²) in [4.78, 5) is 14.8. The van der Waals surface area contributed by atoms with Gasteiger partial charge in [0.15, 0.2) is 5.75 Å². The van der Waals surface area contributed by atoms with E-state index in [1.54, 1.807) is 42.2 Å². The van der Waals surface area contributed by atoms with Crippen molar-refractivity contribution in [1.82, 2.24) is 0 Å². The quantitative estimate of drug-likeness (QED) is 0.600.